The zero-order valence-electron chi connectivity index (χ0n) is 76.0. The fraction of sp³-hybridized carbons (Fsp3) is 1.00. The Hall–Kier alpha value is 0. The highest BCUT2D eigenvalue weighted by molar-refractivity contribution is 4.66. The first-order chi connectivity index (χ1) is 41.2. The monoisotopic (exact) mass is 1300 g/mol. The van der Waals surface area contributed by atoms with E-state index in [0.717, 1.165) is 76.9 Å². The summed E-state index contributed by atoms with van der Waals surface area (Å²) in [5.41, 5.74) is 2.68. The minimum absolute atomic E-state index is 0.500. The Morgan fingerprint density at radius 1 is 0.253 bits per heavy atom. The molecule has 0 aliphatic heterocycles. The maximum atomic E-state index is 2.31. The zero-order chi connectivity index (χ0) is 76.0. The second-order valence-electron chi connectivity index (χ2n) is 36.3. The quantitative estimate of drug-likeness (QED) is 0.0855. The lowest BCUT2D eigenvalue weighted by atomic mass is 9.84. The summed E-state index contributed by atoms with van der Waals surface area (Å²) in [4.78, 5) is 0. The molecule has 0 aromatic heterocycles. The SMILES string of the molecule is CC(C)C(C)(C)C.CC(C)C(C)(C)C.CC(C)CC(C)C.CCC(C)(C)CC.CCC(C)C(C)C.CCC(C)C(C)C.CCC(CC)CC.CCCC(C)(C)C.CCCC(C)(C)C.CCCC(C)CC.CCCC(C)CC.CCCC(C)CC.CCCCC(C)C. The molecule has 0 fully saturated rings. The van der Waals surface area contributed by atoms with Crippen LogP contribution in [0.3, 0.4) is 0 Å². The van der Waals surface area contributed by atoms with Crippen molar-refractivity contribution in [3.63, 3.8) is 0 Å². The summed E-state index contributed by atoms with van der Waals surface area (Å²) >= 11 is 0. The van der Waals surface area contributed by atoms with Crippen molar-refractivity contribution >= 4 is 0 Å². The molecule has 0 aromatic carbocycles. The predicted molar refractivity (Wildman–Crippen MR) is 446 cm³/mol. The maximum Gasteiger partial charge on any atom is -0.0359 e. The molecule has 0 N–H and O–H groups in total. The Balaban J connectivity index is -0.0000000658. The molecule has 0 rings (SSSR count). The Bertz CT molecular complexity index is 1050. The highest BCUT2D eigenvalue weighted by atomic mass is 14.2. The van der Waals surface area contributed by atoms with E-state index in [1.165, 1.54) is 154 Å². The first-order valence-electron chi connectivity index (χ1n) is 41.2. The molecule has 0 aliphatic carbocycles. The van der Waals surface area contributed by atoms with E-state index < -0.39 is 0 Å². The van der Waals surface area contributed by atoms with E-state index in [-0.39, 0.29) is 0 Å². The van der Waals surface area contributed by atoms with Crippen LogP contribution in [0.2, 0.25) is 0 Å². The lowest BCUT2D eigenvalue weighted by Gasteiger charge is -2.22. The molecular formula is C91H208. The molecule has 91 heavy (non-hydrogen) atoms. The fourth-order valence-electron chi connectivity index (χ4n) is 7.20. The molecule has 0 aliphatic rings. The summed E-state index contributed by atoms with van der Waals surface area (Å²) in [5, 5.41) is 0. The number of hydrogen-bond acceptors (Lipinski definition) is 0. The second-order valence-corrected chi connectivity index (χ2v) is 36.3. The van der Waals surface area contributed by atoms with Gasteiger partial charge in [0.1, 0.15) is 0 Å². The van der Waals surface area contributed by atoms with Crippen molar-refractivity contribution in [2.45, 2.75) is 493 Å². The van der Waals surface area contributed by atoms with Crippen LogP contribution in [0, 0.1) is 104 Å². The average Bonchev–Trinajstić information content (AvgIpc) is 3.51. The summed E-state index contributed by atoms with van der Waals surface area (Å²) in [6, 6.07) is 0. The standard InChI is InChI=1S/13C7H16/c2*1-6(2)7(3,4)5;1-6(2)5-7(3)4;2*1-5-6-7(2,3)4;1-5-7(3,4)6-2;2*1-5-7(4)6(2)3;1-4-5-6-7(2)3;3*1-4-6-7(3)5-2;1-4-7(5-2)6-3/h2*6H,1-5H3;6-7H,5H2,1-4H3;3*5-6H2,1-4H3;2*6-7H,5H2,1-4H3;5*7H,4-6H2,1-3H3. The largest absolute Gasteiger partial charge is 0.0654 e. The lowest BCUT2D eigenvalue weighted by molar-refractivity contribution is 0.283. The molecule has 0 heteroatoms. The van der Waals surface area contributed by atoms with E-state index in [1.807, 2.05) is 0 Å². The highest BCUT2D eigenvalue weighted by Gasteiger charge is 2.15. The summed E-state index contributed by atoms with van der Waals surface area (Å²) in [7, 11) is 0. The van der Waals surface area contributed by atoms with E-state index in [9.17, 15) is 0 Å². The molecule has 0 nitrogen and oxygen atoms in total. The molecular weight excluding hydrogens is 1090 g/mol. The number of rotatable bonds is 25. The van der Waals surface area contributed by atoms with Gasteiger partial charge in [0.15, 0.2) is 0 Å². The van der Waals surface area contributed by atoms with Crippen LogP contribution in [0.5, 0.6) is 0 Å². The molecule has 0 radical (unpaired) electrons. The third-order valence-corrected chi connectivity index (χ3v) is 19.2. The van der Waals surface area contributed by atoms with Crippen molar-refractivity contribution in [1.82, 2.24) is 0 Å². The molecule has 0 bridgehead atoms. The summed E-state index contributed by atoms with van der Waals surface area (Å²) in [5.74, 6) is 11.6. The Morgan fingerprint density at radius 3 is 0.505 bits per heavy atom. The molecule has 0 amide bonds. The van der Waals surface area contributed by atoms with Gasteiger partial charge in [-0.15, -0.1) is 0 Å². The van der Waals surface area contributed by atoms with Gasteiger partial charge < -0.3 is 0 Å². The van der Waals surface area contributed by atoms with E-state index in [1.54, 1.807) is 0 Å². The topological polar surface area (TPSA) is 0 Å². The van der Waals surface area contributed by atoms with Crippen molar-refractivity contribution in [2.24, 2.45) is 104 Å². The Kier molecular flexibility index (Phi) is 110. The van der Waals surface area contributed by atoms with Gasteiger partial charge >= 0.3 is 0 Å². The highest BCUT2D eigenvalue weighted by Crippen LogP contribution is 2.26. The van der Waals surface area contributed by atoms with Gasteiger partial charge in [-0.2, -0.15) is 0 Å². The normalized spacial score (nSPS) is 12.8. The summed E-state index contributed by atoms with van der Waals surface area (Å²) in [6.07, 6.45) is 32.3. The van der Waals surface area contributed by atoms with Crippen LogP contribution >= 0.6 is 0 Å². The van der Waals surface area contributed by atoms with Crippen molar-refractivity contribution in [3.05, 3.63) is 0 Å². The Morgan fingerprint density at radius 2 is 0.484 bits per heavy atom. The van der Waals surface area contributed by atoms with Gasteiger partial charge in [0.25, 0.3) is 0 Å². The minimum Gasteiger partial charge on any atom is -0.0654 e. The summed E-state index contributed by atoms with van der Waals surface area (Å²) < 4.78 is 0. The third-order valence-electron chi connectivity index (χ3n) is 19.2. The fourth-order valence-corrected chi connectivity index (χ4v) is 7.20. The van der Waals surface area contributed by atoms with Gasteiger partial charge in [0, 0.05) is 0 Å². The van der Waals surface area contributed by atoms with E-state index in [0.29, 0.717) is 27.1 Å². The molecule has 0 spiro atoms. The summed E-state index contributed by atoms with van der Waals surface area (Å²) in [6.45, 7) is 111. The van der Waals surface area contributed by atoms with Crippen LogP contribution in [-0.2, 0) is 0 Å². The maximum absolute atomic E-state index is 2.31. The molecule has 0 saturated heterocycles. The van der Waals surface area contributed by atoms with Gasteiger partial charge in [0.05, 0.1) is 0 Å². The van der Waals surface area contributed by atoms with Crippen molar-refractivity contribution in [3.8, 4) is 0 Å². The second kappa shape index (κ2) is 82.4. The van der Waals surface area contributed by atoms with E-state index >= 15 is 0 Å². The van der Waals surface area contributed by atoms with Crippen molar-refractivity contribution < 1.29 is 0 Å². The lowest BCUT2D eigenvalue weighted by Crippen LogP contribution is -2.12. The smallest absolute Gasteiger partial charge is 0.0359 e. The number of hydrogen-bond donors (Lipinski definition) is 0. The van der Waals surface area contributed by atoms with Crippen LogP contribution in [0.4, 0.5) is 0 Å². The van der Waals surface area contributed by atoms with Crippen LogP contribution in [0.1, 0.15) is 493 Å². The van der Waals surface area contributed by atoms with Crippen molar-refractivity contribution in [1.29, 1.82) is 0 Å². The molecule has 5 unspecified atom stereocenters. The third kappa shape index (κ3) is 155. The van der Waals surface area contributed by atoms with Crippen LogP contribution in [0.15, 0.2) is 0 Å². The zero-order valence-corrected chi connectivity index (χ0v) is 76.0. The number of unbranched alkanes of at least 4 members (excludes halogenated alkanes) is 1. The molecule has 572 valence electrons. The predicted octanol–water partition coefficient (Wildman–Crippen LogP) is 36.1. The molecule has 0 aromatic rings. The van der Waals surface area contributed by atoms with Gasteiger partial charge in [-0.05, 0) is 123 Å². The minimum atomic E-state index is 0.500. The molecule has 5 atom stereocenters. The van der Waals surface area contributed by atoms with Crippen molar-refractivity contribution in [2.75, 3.05) is 0 Å². The van der Waals surface area contributed by atoms with Gasteiger partial charge in [-0.25, -0.2) is 0 Å². The molecule has 0 saturated carbocycles. The first kappa shape index (κ1) is 121. The van der Waals surface area contributed by atoms with Gasteiger partial charge in [0.2, 0.25) is 0 Å². The Labute approximate surface area is 594 Å². The molecule has 0 heterocycles. The van der Waals surface area contributed by atoms with Crippen LogP contribution in [0.25, 0.3) is 0 Å². The first-order valence-corrected chi connectivity index (χ1v) is 41.2. The average molecular weight is 1300 g/mol. The van der Waals surface area contributed by atoms with Gasteiger partial charge in [-0.3, -0.25) is 0 Å². The van der Waals surface area contributed by atoms with Crippen LogP contribution in [-0.4, -0.2) is 0 Å². The van der Waals surface area contributed by atoms with Gasteiger partial charge in [-0.1, -0.05) is 474 Å². The van der Waals surface area contributed by atoms with E-state index in [2.05, 4.69) is 339 Å². The van der Waals surface area contributed by atoms with E-state index in [4.69, 9.17) is 0 Å². The van der Waals surface area contributed by atoms with Crippen LogP contribution < -0.4 is 0 Å².